The summed E-state index contributed by atoms with van der Waals surface area (Å²) in [5.41, 5.74) is -1.82. The average Bonchev–Trinajstić information content (AvgIpc) is 2.13. The van der Waals surface area contributed by atoms with Crippen LogP contribution in [0.4, 0.5) is 0 Å². The van der Waals surface area contributed by atoms with Crippen LogP contribution in [-0.2, 0) is 14.3 Å². The van der Waals surface area contributed by atoms with Crippen molar-refractivity contribution in [2.24, 2.45) is 10.8 Å². The van der Waals surface area contributed by atoms with Crippen LogP contribution in [0, 0.1) is 10.8 Å². The van der Waals surface area contributed by atoms with Gasteiger partial charge in [0.2, 0.25) is 0 Å². The fraction of sp³-hybridized carbons (Fsp3) is 0.636. The molecule has 0 aromatic heterocycles. The SMILES string of the molecule is C=CC(C)(COC(C)=O)C(C)(C)C(=O)O. The van der Waals surface area contributed by atoms with Crippen molar-refractivity contribution in [2.75, 3.05) is 6.61 Å². The molecular formula is C11H18O4. The van der Waals surface area contributed by atoms with Crippen LogP contribution in [0.25, 0.3) is 0 Å². The lowest BCUT2D eigenvalue weighted by Crippen LogP contribution is -2.43. The first kappa shape index (κ1) is 13.7. The molecule has 0 aromatic rings. The second-order valence-electron chi connectivity index (χ2n) is 4.33. The van der Waals surface area contributed by atoms with Gasteiger partial charge in [0.1, 0.15) is 6.61 Å². The van der Waals surface area contributed by atoms with E-state index in [0.29, 0.717) is 0 Å². The fourth-order valence-corrected chi connectivity index (χ4v) is 0.990. The number of ether oxygens (including phenoxy) is 1. The van der Waals surface area contributed by atoms with Crippen LogP contribution < -0.4 is 0 Å². The molecule has 1 atom stereocenters. The van der Waals surface area contributed by atoms with E-state index < -0.39 is 22.8 Å². The summed E-state index contributed by atoms with van der Waals surface area (Å²) in [6.45, 7) is 9.79. The van der Waals surface area contributed by atoms with E-state index in [0.717, 1.165) is 0 Å². The van der Waals surface area contributed by atoms with E-state index in [1.165, 1.54) is 13.0 Å². The number of hydrogen-bond donors (Lipinski definition) is 1. The highest BCUT2D eigenvalue weighted by Crippen LogP contribution is 2.40. The van der Waals surface area contributed by atoms with E-state index in [1.54, 1.807) is 20.8 Å². The van der Waals surface area contributed by atoms with E-state index in [1.807, 2.05) is 0 Å². The monoisotopic (exact) mass is 214 g/mol. The molecule has 0 radical (unpaired) electrons. The van der Waals surface area contributed by atoms with E-state index in [-0.39, 0.29) is 6.61 Å². The van der Waals surface area contributed by atoms with Crippen LogP contribution in [0.2, 0.25) is 0 Å². The van der Waals surface area contributed by atoms with Crippen LogP contribution in [0.5, 0.6) is 0 Å². The van der Waals surface area contributed by atoms with Crippen LogP contribution in [0.15, 0.2) is 12.7 Å². The molecule has 86 valence electrons. The van der Waals surface area contributed by atoms with Gasteiger partial charge in [-0.1, -0.05) is 13.0 Å². The van der Waals surface area contributed by atoms with Gasteiger partial charge in [-0.2, -0.15) is 0 Å². The molecule has 0 heterocycles. The van der Waals surface area contributed by atoms with Gasteiger partial charge in [0.15, 0.2) is 0 Å². The summed E-state index contributed by atoms with van der Waals surface area (Å²) in [5, 5.41) is 9.08. The number of esters is 1. The highest BCUT2D eigenvalue weighted by molar-refractivity contribution is 5.75. The minimum atomic E-state index is -1.04. The Balaban J connectivity index is 4.91. The summed E-state index contributed by atoms with van der Waals surface area (Å²) in [6.07, 6.45) is 1.52. The number of carboxylic acid groups (broad SMARTS) is 1. The van der Waals surface area contributed by atoms with Crippen molar-refractivity contribution in [3.05, 3.63) is 12.7 Å². The zero-order valence-electron chi connectivity index (χ0n) is 9.66. The Labute approximate surface area is 89.9 Å². The van der Waals surface area contributed by atoms with Crippen molar-refractivity contribution in [3.8, 4) is 0 Å². The summed E-state index contributed by atoms with van der Waals surface area (Å²) in [7, 11) is 0. The third-order valence-electron chi connectivity index (χ3n) is 2.99. The van der Waals surface area contributed by atoms with Crippen LogP contribution in [-0.4, -0.2) is 23.7 Å². The van der Waals surface area contributed by atoms with Crippen molar-refractivity contribution in [3.63, 3.8) is 0 Å². The average molecular weight is 214 g/mol. The Morgan fingerprint density at radius 2 is 1.87 bits per heavy atom. The molecule has 0 bridgehead atoms. The highest BCUT2D eigenvalue weighted by Gasteiger charge is 2.45. The molecule has 15 heavy (non-hydrogen) atoms. The van der Waals surface area contributed by atoms with Crippen molar-refractivity contribution in [1.29, 1.82) is 0 Å². The lowest BCUT2D eigenvalue weighted by Gasteiger charge is -2.37. The summed E-state index contributed by atoms with van der Waals surface area (Å²) >= 11 is 0. The van der Waals surface area contributed by atoms with Gasteiger partial charge >= 0.3 is 11.9 Å². The Hall–Kier alpha value is -1.32. The summed E-state index contributed by atoms with van der Waals surface area (Å²) in [4.78, 5) is 21.8. The molecule has 0 saturated carbocycles. The minimum absolute atomic E-state index is 0.0190. The first-order chi connectivity index (χ1) is 6.67. The molecule has 0 aliphatic rings. The second kappa shape index (κ2) is 4.47. The largest absolute Gasteiger partial charge is 0.481 e. The van der Waals surface area contributed by atoms with Gasteiger partial charge in [0, 0.05) is 12.3 Å². The van der Waals surface area contributed by atoms with Crippen LogP contribution in [0.1, 0.15) is 27.7 Å². The predicted octanol–water partition coefficient (Wildman–Crippen LogP) is 1.85. The summed E-state index contributed by atoms with van der Waals surface area (Å²) in [6, 6.07) is 0. The molecule has 0 amide bonds. The first-order valence-electron chi connectivity index (χ1n) is 4.68. The molecule has 0 spiro atoms. The number of carbonyl (C=O) groups excluding carboxylic acids is 1. The highest BCUT2D eigenvalue weighted by atomic mass is 16.5. The quantitative estimate of drug-likeness (QED) is 0.560. The van der Waals surface area contributed by atoms with Crippen molar-refractivity contribution in [1.82, 2.24) is 0 Å². The maximum atomic E-state index is 11.1. The number of carbonyl (C=O) groups is 2. The molecule has 0 rings (SSSR count). The molecule has 1 N–H and O–H groups in total. The molecule has 1 unspecified atom stereocenters. The standard InChI is InChI=1S/C11H18O4/c1-6-11(5,7-15-8(2)12)10(3,4)9(13)14/h6H,1,7H2,2-5H3,(H,13,14). The van der Waals surface area contributed by atoms with Crippen LogP contribution in [0.3, 0.4) is 0 Å². The topological polar surface area (TPSA) is 63.6 Å². The van der Waals surface area contributed by atoms with Gasteiger partial charge in [0.25, 0.3) is 0 Å². The van der Waals surface area contributed by atoms with Gasteiger partial charge < -0.3 is 9.84 Å². The van der Waals surface area contributed by atoms with Gasteiger partial charge in [-0.25, -0.2) is 0 Å². The van der Waals surface area contributed by atoms with Crippen molar-refractivity contribution >= 4 is 11.9 Å². The van der Waals surface area contributed by atoms with E-state index in [4.69, 9.17) is 9.84 Å². The van der Waals surface area contributed by atoms with Gasteiger partial charge in [-0.15, -0.1) is 6.58 Å². The maximum absolute atomic E-state index is 11.1. The lowest BCUT2D eigenvalue weighted by molar-refractivity contribution is -0.159. The third-order valence-corrected chi connectivity index (χ3v) is 2.99. The number of carboxylic acids is 1. The number of hydrogen-bond acceptors (Lipinski definition) is 3. The van der Waals surface area contributed by atoms with Gasteiger partial charge in [0.05, 0.1) is 5.41 Å². The zero-order valence-corrected chi connectivity index (χ0v) is 9.66. The Bertz CT molecular complexity index is 280. The van der Waals surface area contributed by atoms with Crippen LogP contribution >= 0.6 is 0 Å². The Morgan fingerprint density at radius 1 is 1.40 bits per heavy atom. The Kier molecular flexibility index (Phi) is 4.07. The summed E-state index contributed by atoms with van der Waals surface area (Å²) in [5.74, 6) is -1.37. The normalized spacial score (nSPS) is 15.2. The molecule has 0 aliphatic heterocycles. The Morgan fingerprint density at radius 3 is 2.13 bits per heavy atom. The molecule has 0 saturated heterocycles. The molecule has 0 aliphatic carbocycles. The number of aliphatic carboxylic acids is 1. The molecule has 0 aromatic carbocycles. The third kappa shape index (κ3) is 2.81. The predicted molar refractivity (Wildman–Crippen MR) is 56.4 cm³/mol. The van der Waals surface area contributed by atoms with Gasteiger partial charge in [-0.05, 0) is 13.8 Å². The smallest absolute Gasteiger partial charge is 0.310 e. The summed E-state index contributed by atoms with van der Waals surface area (Å²) < 4.78 is 4.86. The van der Waals surface area contributed by atoms with E-state index in [9.17, 15) is 9.59 Å². The molecule has 4 nitrogen and oxygen atoms in total. The van der Waals surface area contributed by atoms with Crippen molar-refractivity contribution in [2.45, 2.75) is 27.7 Å². The maximum Gasteiger partial charge on any atom is 0.310 e. The zero-order chi connectivity index (χ0) is 12.3. The minimum Gasteiger partial charge on any atom is -0.481 e. The molecule has 0 fully saturated rings. The number of rotatable bonds is 5. The van der Waals surface area contributed by atoms with E-state index in [2.05, 4.69) is 6.58 Å². The second-order valence-corrected chi connectivity index (χ2v) is 4.33. The lowest BCUT2D eigenvalue weighted by atomic mass is 9.67. The molecule has 4 heteroatoms. The van der Waals surface area contributed by atoms with Crippen molar-refractivity contribution < 1.29 is 19.4 Å². The first-order valence-corrected chi connectivity index (χ1v) is 4.68. The molecular weight excluding hydrogens is 196 g/mol. The van der Waals surface area contributed by atoms with E-state index >= 15 is 0 Å². The fourth-order valence-electron chi connectivity index (χ4n) is 0.990. The van der Waals surface area contributed by atoms with Gasteiger partial charge in [-0.3, -0.25) is 9.59 Å².